The number of hydrogen-bond donors (Lipinski definition) is 1. The molecular formula is C14H18N4O. The van der Waals surface area contributed by atoms with Gasteiger partial charge in [0.2, 0.25) is 0 Å². The first-order chi connectivity index (χ1) is 9.43. The van der Waals surface area contributed by atoms with E-state index >= 15 is 0 Å². The maximum absolute atomic E-state index is 5.74. The van der Waals surface area contributed by atoms with Crippen LogP contribution in [-0.4, -0.2) is 27.9 Å². The average Bonchev–Trinajstić information content (AvgIpc) is 2.95. The summed E-state index contributed by atoms with van der Waals surface area (Å²) in [6.07, 6.45) is 4.06. The molecule has 1 aromatic heterocycles. The second kappa shape index (κ2) is 5.84. The molecule has 1 N–H and O–H groups in total. The van der Waals surface area contributed by atoms with Crippen molar-refractivity contribution < 1.29 is 4.74 Å². The summed E-state index contributed by atoms with van der Waals surface area (Å²) in [5.74, 6) is 1.76. The number of para-hydroxylation sites is 1. The van der Waals surface area contributed by atoms with Crippen molar-refractivity contribution in [3.05, 3.63) is 42.5 Å². The Kier molecular flexibility index (Phi) is 3.74. The van der Waals surface area contributed by atoms with Crippen molar-refractivity contribution in [2.45, 2.75) is 25.5 Å². The minimum absolute atomic E-state index is 0.466. The molecule has 1 aromatic carbocycles. The smallest absolute Gasteiger partial charge is 0.171 e. The van der Waals surface area contributed by atoms with Crippen molar-refractivity contribution in [3.63, 3.8) is 0 Å². The number of aromatic nitrogens is 3. The van der Waals surface area contributed by atoms with Gasteiger partial charge in [-0.3, -0.25) is 0 Å². The van der Waals surface area contributed by atoms with E-state index in [0.717, 1.165) is 37.5 Å². The quantitative estimate of drug-likeness (QED) is 0.908. The standard InChI is InChI=1S/C14H18N4O/c1-2-4-13(5-3-1)19-10-14-17-16-11-18(14)12-6-8-15-9-7-12/h1-5,11-12,15H,6-10H2. The Hall–Kier alpha value is -1.88. The van der Waals surface area contributed by atoms with E-state index in [0.29, 0.717) is 12.6 Å². The zero-order valence-corrected chi connectivity index (χ0v) is 10.8. The Bertz CT molecular complexity index is 505. The normalized spacial score (nSPS) is 16.4. The summed E-state index contributed by atoms with van der Waals surface area (Å²) in [6, 6.07) is 10.3. The SMILES string of the molecule is c1ccc(OCc2nncn2C2CCNCC2)cc1. The molecule has 19 heavy (non-hydrogen) atoms. The summed E-state index contributed by atoms with van der Waals surface area (Å²) in [7, 11) is 0. The van der Waals surface area contributed by atoms with Crippen LogP contribution in [0.2, 0.25) is 0 Å². The van der Waals surface area contributed by atoms with Crippen LogP contribution in [0.5, 0.6) is 5.75 Å². The highest BCUT2D eigenvalue weighted by molar-refractivity contribution is 5.21. The van der Waals surface area contributed by atoms with E-state index in [9.17, 15) is 0 Å². The number of ether oxygens (including phenoxy) is 1. The maximum atomic E-state index is 5.74. The van der Waals surface area contributed by atoms with Crippen molar-refractivity contribution in [2.24, 2.45) is 0 Å². The third-order valence-corrected chi connectivity index (χ3v) is 3.46. The van der Waals surface area contributed by atoms with Crippen LogP contribution in [0, 0.1) is 0 Å². The summed E-state index contributed by atoms with van der Waals surface area (Å²) in [4.78, 5) is 0. The van der Waals surface area contributed by atoms with Crippen molar-refractivity contribution >= 4 is 0 Å². The number of nitrogens with zero attached hydrogens (tertiary/aromatic N) is 3. The molecule has 0 radical (unpaired) electrons. The molecule has 1 saturated heterocycles. The molecule has 0 bridgehead atoms. The largest absolute Gasteiger partial charge is 0.486 e. The lowest BCUT2D eigenvalue weighted by atomic mass is 10.1. The third kappa shape index (κ3) is 2.93. The first-order valence-corrected chi connectivity index (χ1v) is 6.70. The molecule has 0 unspecified atom stereocenters. The molecule has 2 aromatic rings. The van der Waals surface area contributed by atoms with Gasteiger partial charge in [-0.2, -0.15) is 0 Å². The number of nitrogens with one attached hydrogen (secondary N) is 1. The van der Waals surface area contributed by atoms with E-state index in [2.05, 4.69) is 20.1 Å². The van der Waals surface area contributed by atoms with E-state index in [1.54, 1.807) is 0 Å². The van der Waals surface area contributed by atoms with E-state index in [-0.39, 0.29) is 0 Å². The molecule has 1 fully saturated rings. The molecule has 0 amide bonds. The molecule has 0 saturated carbocycles. The maximum Gasteiger partial charge on any atom is 0.171 e. The predicted octanol–water partition coefficient (Wildman–Crippen LogP) is 1.78. The highest BCUT2D eigenvalue weighted by Gasteiger charge is 2.18. The summed E-state index contributed by atoms with van der Waals surface area (Å²) >= 11 is 0. The zero-order chi connectivity index (χ0) is 12.9. The average molecular weight is 258 g/mol. The Morgan fingerprint density at radius 3 is 2.79 bits per heavy atom. The number of hydrogen-bond acceptors (Lipinski definition) is 4. The summed E-state index contributed by atoms with van der Waals surface area (Å²) in [5, 5.41) is 11.6. The van der Waals surface area contributed by atoms with Crippen molar-refractivity contribution in [3.8, 4) is 5.75 Å². The number of rotatable bonds is 4. The second-order valence-corrected chi connectivity index (χ2v) is 4.74. The lowest BCUT2D eigenvalue weighted by Crippen LogP contribution is -2.30. The van der Waals surface area contributed by atoms with Gasteiger partial charge in [0.15, 0.2) is 5.82 Å². The Balaban J connectivity index is 1.66. The summed E-state index contributed by atoms with van der Waals surface area (Å²) in [5.41, 5.74) is 0. The van der Waals surface area contributed by atoms with Crippen molar-refractivity contribution in [1.29, 1.82) is 0 Å². The van der Waals surface area contributed by atoms with Gasteiger partial charge in [0, 0.05) is 6.04 Å². The lowest BCUT2D eigenvalue weighted by molar-refractivity contribution is 0.274. The Morgan fingerprint density at radius 2 is 2.00 bits per heavy atom. The summed E-state index contributed by atoms with van der Waals surface area (Å²) < 4.78 is 7.90. The second-order valence-electron chi connectivity index (χ2n) is 4.74. The summed E-state index contributed by atoms with van der Waals surface area (Å²) in [6.45, 7) is 2.58. The van der Waals surface area contributed by atoms with Crippen LogP contribution in [0.3, 0.4) is 0 Å². The van der Waals surface area contributed by atoms with E-state index in [1.165, 1.54) is 0 Å². The Labute approximate surface area is 112 Å². The fraction of sp³-hybridized carbons (Fsp3) is 0.429. The van der Waals surface area contributed by atoms with E-state index in [1.807, 2.05) is 36.7 Å². The zero-order valence-electron chi connectivity index (χ0n) is 10.8. The molecule has 5 nitrogen and oxygen atoms in total. The molecular weight excluding hydrogens is 240 g/mol. The van der Waals surface area contributed by atoms with Gasteiger partial charge in [-0.25, -0.2) is 0 Å². The van der Waals surface area contributed by atoms with Crippen LogP contribution in [0.4, 0.5) is 0 Å². The number of benzene rings is 1. The van der Waals surface area contributed by atoms with Crippen LogP contribution in [0.1, 0.15) is 24.7 Å². The molecule has 0 spiro atoms. The van der Waals surface area contributed by atoms with Gasteiger partial charge >= 0.3 is 0 Å². The van der Waals surface area contributed by atoms with Gasteiger partial charge in [0.05, 0.1) is 0 Å². The third-order valence-electron chi connectivity index (χ3n) is 3.46. The van der Waals surface area contributed by atoms with Gasteiger partial charge < -0.3 is 14.6 Å². The van der Waals surface area contributed by atoms with Crippen molar-refractivity contribution in [1.82, 2.24) is 20.1 Å². The topological polar surface area (TPSA) is 52.0 Å². The Morgan fingerprint density at radius 1 is 1.21 bits per heavy atom. The molecule has 1 aliphatic heterocycles. The van der Waals surface area contributed by atoms with Crippen LogP contribution >= 0.6 is 0 Å². The fourth-order valence-electron chi connectivity index (χ4n) is 2.42. The minimum atomic E-state index is 0.466. The molecule has 100 valence electrons. The number of piperidine rings is 1. The van der Waals surface area contributed by atoms with Crippen molar-refractivity contribution in [2.75, 3.05) is 13.1 Å². The first-order valence-electron chi connectivity index (χ1n) is 6.70. The fourth-order valence-corrected chi connectivity index (χ4v) is 2.42. The van der Waals surface area contributed by atoms with Gasteiger partial charge in [-0.1, -0.05) is 18.2 Å². The van der Waals surface area contributed by atoms with E-state index < -0.39 is 0 Å². The molecule has 5 heteroatoms. The van der Waals surface area contributed by atoms with Crippen LogP contribution in [0.15, 0.2) is 36.7 Å². The molecule has 2 heterocycles. The van der Waals surface area contributed by atoms with Crippen LogP contribution in [-0.2, 0) is 6.61 Å². The molecule has 0 aliphatic carbocycles. The van der Waals surface area contributed by atoms with Gasteiger partial charge in [-0.15, -0.1) is 10.2 Å². The monoisotopic (exact) mass is 258 g/mol. The van der Waals surface area contributed by atoms with Gasteiger partial charge in [-0.05, 0) is 38.1 Å². The minimum Gasteiger partial charge on any atom is -0.486 e. The molecule has 1 aliphatic rings. The predicted molar refractivity (Wildman–Crippen MR) is 71.9 cm³/mol. The van der Waals surface area contributed by atoms with Gasteiger partial charge in [0.1, 0.15) is 18.7 Å². The molecule has 3 rings (SSSR count). The molecule has 0 atom stereocenters. The highest BCUT2D eigenvalue weighted by atomic mass is 16.5. The van der Waals surface area contributed by atoms with E-state index in [4.69, 9.17) is 4.74 Å². The van der Waals surface area contributed by atoms with Crippen LogP contribution in [0.25, 0.3) is 0 Å². The van der Waals surface area contributed by atoms with Crippen LogP contribution < -0.4 is 10.1 Å². The highest BCUT2D eigenvalue weighted by Crippen LogP contribution is 2.20. The first kappa shape index (κ1) is 12.2. The van der Waals surface area contributed by atoms with Gasteiger partial charge in [0.25, 0.3) is 0 Å². The lowest BCUT2D eigenvalue weighted by Gasteiger charge is -2.24.